The van der Waals surface area contributed by atoms with Crippen LogP contribution in [0.3, 0.4) is 0 Å². The van der Waals surface area contributed by atoms with Crippen LogP contribution in [-0.4, -0.2) is 26.0 Å². The normalized spacial score (nSPS) is 11.9. The molecule has 0 aromatic carbocycles. The molecule has 0 radical (unpaired) electrons. The van der Waals surface area contributed by atoms with Gasteiger partial charge < -0.3 is 0 Å². The monoisotopic (exact) mass is 190 g/mol. The van der Waals surface area contributed by atoms with Crippen LogP contribution in [0, 0.1) is 5.92 Å². The van der Waals surface area contributed by atoms with Crippen LogP contribution in [0.2, 0.25) is 0 Å². The Kier molecular flexibility index (Phi) is 5.82. The molecule has 0 saturated carbocycles. The van der Waals surface area contributed by atoms with Gasteiger partial charge in [-0.2, -0.15) is 0 Å². The average molecular weight is 190 g/mol. The van der Waals surface area contributed by atoms with Crippen LogP contribution in [0.25, 0.3) is 0 Å². The van der Waals surface area contributed by atoms with E-state index >= 15 is 0 Å². The van der Waals surface area contributed by atoms with Gasteiger partial charge in [0, 0.05) is 12.3 Å². The molecule has 6 heteroatoms. The lowest BCUT2D eigenvalue weighted by atomic mass is 10.1. The molecule has 0 aromatic rings. The first-order valence-corrected chi connectivity index (χ1v) is 3.76. The maximum atomic E-state index is 11.0. The number of carbonyl (C=O) groups excluding carboxylic acids is 2. The minimum Gasteiger partial charge on any atom is -0.277 e. The average Bonchev–Trinajstić information content (AvgIpc) is 2.05. The Morgan fingerprint density at radius 3 is 2.23 bits per heavy atom. The Morgan fingerprint density at radius 1 is 1.23 bits per heavy atom. The van der Waals surface area contributed by atoms with E-state index in [0.29, 0.717) is 0 Å². The quantitative estimate of drug-likeness (QED) is 0.566. The van der Waals surface area contributed by atoms with E-state index in [-0.39, 0.29) is 18.2 Å². The van der Waals surface area contributed by atoms with Crippen LogP contribution in [0.1, 0.15) is 13.3 Å². The highest BCUT2D eigenvalue weighted by Gasteiger charge is 2.16. The number of hydrogen-bond acceptors (Lipinski definition) is 4. The number of hydroxylamine groups is 2. The van der Waals surface area contributed by atoms with E-state index in [1.54, 1.807) is 6.92 Å². The third-order valence-corrected chi connectivity index (χ3v) is 1.36. The molecule has 0 saturated heterocycles. The van der Waals surface area contributed by atoms with E-state index in [2.05, 4.69) is 20.6 Å². The lowest BCUT2D eigenvalue weighted by molar-refractivity contribution is -0.140. The second-order valence-electron chi connectivity index (χ2n) is 2.50. The topological polar surface area (TPSA) is 76.7 Å². The third-order valence-electron chi connectivity index (χ3n) is 1.36. The lowest BCUT2D eigenvalue weighted by Gasteiger charge is -2.09. The second-order valence-corrected chi connectivity index (χ2v) is 2.50. The molecule has 0 aliphatic carbocycles. The van der Waals surface area contributed by atoms with E-state index in [9.17, 15) is 9.59 Å². The van der Waals surface area contributed by atoms with Gasteiger partial charge in [0.15, 0.2) is 0 Å². The van der Waals surface area contributed by atoms with Gasteiger partial charge in [-0.1, -0.05) is 6.92 Å². The highest BCUT2D eigenvalue weighted by molar-refractivity contribution is 5.84. The van der Waals surface area contributed by atoms with E-state index < -0.39 is 5.92 Å². The number of rotatable bonds is 5. The first kappa shape index (κ1) is 11.9. The van der Waals surface area contributed by atoms with Crippen molar-refractivity contribution in [3.63, 3.8) is 0 Å². The van der Waals surface area contributed by atoms with Crippen LogP contribution in [-0.2, 0) is 19.3 Å². The molecule has 6 nitrogen and oxygen atoms in total. The number of hydrogen-bond donors (Lipinski definition) is 2. The van der Waals surface area contributed by atoms with Gasteiger partial charge in [-0.3, -0.25) is 19.3 Å². The van der Waals surface area contributed by atoms with E-state index in [4.69, 9.17) is 0 Å². The molecule has 0 aromatic heterocycles. The van der Waals surface area contributed by atoms with Crippen molar-refractivity contribution >= 4 is 11.8 Å². The third kappa shape index (κ3) is 5.15. The number of amides is 2. The fourth-order valence-electron chi connectivity index (χ4n) is 0.727. The molecule has 0 aliphatic rings. The summed E-state index contributed by atoms with van der Waals surface area (Å²) in [6.07, 6.45) is 0.0586. The summed E-state index contributed by atoms with van der Waals surface area (Å²) in [4.78, 5) is 30.7. The van der Waals surface area contributed by atoms with E-state index in [1.165, 1.54) is 14.2 Å². The molecule has 2 N–H and O–H groups in total. The molecule has 1 atom stereocenters. The zero-order chi connectivity index (χ0) is 10.3. The predicted octanol–water partition coefficient (Wildman–Crippen LogP) is -0.632. The molecule has 0 bridgehead atoms. The highest BCUT2D eigenvalue weighted by Crippen LogP contribution is 2.00. The standard InChI is InChI=1S/C7H14N2O4/c1-5(7(11)9-13-3)4-6(10)8-12-2/h5H,4H2,1-3H3,(H,8,10)(H,9,11). The van der Waals surface area contributed by atoms with Crippen LogP contribution >= 0.6 is 0 Å². The van der Waals surface area contributed by atoms with Crippen molar-refractivity contribution in [2.24, 2.45) is 5.92 Å². The van der Waals surface area contributed by atoms with Crippen molar-refractivity contribution in [1.29, 1.82) is 0 Å². The summed E-state index contributed by atoms with van der Waals surface area (Å²) in [7, 11) is 2.66. The maximum Gasteiger partial charge on any atom is 0.246 e. The van der Waals surface area contributed by atoms with Crippen molar-refractivity contribution in [1.82, 2.24) is 11.0 Å². The minimum absolute atomic E-state index is 0.0586. The zero-order valence-electron chi connectivity index (χ0n) is 7.92. The molecule has 76 valence electrons. The zero-order valence-corrected chi connectivity index (χ0v) is 7.92. The summed E-state index contributed by atoms with van der Waals surface area (Å²) >= 11 is 0. The van der Waals surface area contributed by atoms with Crippen LogP contribution in [0.4, 0.5) is 0 Å². The van der Waals surface area contributed by atoms with Crippen LogP contribution in [0.15, 0.2) is 0 Å². The summed E-state index contributed by atoms with van der Waals surface area (Å²) in [5.41, 5.74) is 4.25. The van der Waals surface area contributed by atoms with Gasteiger partial charge in [-0.05, 0) is 0 Å². The molecular formula is C7H14N2O4. The molecule has 0 fully saturated rings. The molecular weight excluding hydrogens is 176 g/mol. The Morgan fingerprint density at radius 2 is 1.77 bits per heavy atom. The molecule has 13 heavy (non-hydrogen) atoms. The summed E-state index contributed by atoms with van der Waals surface area (Å²) in [5, 5.41) is 0. The molecule has 0 aliphatic heterocycles. The fourth-order valence-corrected chi connectivity index (χ4v) is 0.727. The summed E-state index contributed by atoms with van der Waals surface area (Å²) in [6, 6.07) is 0. The number of nitrogens with one attached hydrogen (secondary N) is 2. The summed E-state index contributed by atoms with van der Waals surface area (Å²) in [6.45, 7) is 1.61. The van der Waals surface area contributed by atoms with Gasteiger partial charge in [-0.25, -0.2) is 11.0 Å². The largest absolute Gasteiger partial charge is 0.277 e. The molecule has 0 heterocycles. The number of carbonyl (C=O) groups is 2. The van der Waals surface area contributed by atoms with Crippen molar-refractivity contribution in [2.45, 2.75) is 13.3 Å². The van der Waals surface area contributed by atoms with Crippen LogP contribution in [0.5, 0.6) is 0 Å². The Balaban J connectivity index is 3.78. The predicted molar refractivity (Wildman–Crippen MR) is 44.1 cm³/mol. The van der Waals surface area contributed by atoms with Crippen molar-refractivity contribution in [2.75, 3.05) is 14.2 Å². The van der Waals surface area contributed by atoms with Crippen molar-refractivity contribution in [3.8, 4) is 0 Å². The molecule has 0 rings (SSSR count). The van der Waals surface area contributed by atoms with Crippen molar-refractivity contribution in [3.05, 3.63) is 0 Å². The van der Waals surface area contributed by atoms with Gasteiger partial charge in [-0.15, -0.1) is 0 Å². The Labute approximate surface area is 76.5 Å². The highest BCUT2D eigenvalue weighted by atomic mass is 16.6. The molecule has 1 unspecified atom stereocenters. The first-order chi connectivity index (χ1) is 6.11. The van der Waals surface area contributed by atoms with Gasteiger partial charge >= 0.3 is 0 Å². The molecule has 2 amide bonds. The van der Waals surface area contributed by atoms with E-state index in [0.717, 1.165) is 0 Å². The summed E-state index contributed by atoms with van der Waals surface area (Å²) in [5.74, 6) is -1.13. The Hall–Kier alpha value is -1.14. The van der Waals surface area contributed by atoms with Crippen LogP contribution < -0.4 is 11.0 Å². The maximum absolute atomic E-state index is 11.0. The fraction of sp³-hybridized carbons (Fsp3) is 0.714. The second kappa shape index (κ2) is 6.38. The Bertz CT molecular complexity index is 183. The summed E-state index contributed by atoms with van der Waals surface area (Å²) < 4.78 is 0. The van der Waals surface area contributed by atoms with Gasteiger partial charge in [0.25, 0.3) is 0 Å². The van der Waals surface area contributed by atoms with E-state index in [1.807, 2.05) is 0 Å². The van der Waals surface area contributed by atoms with Gasteiger partial charge in [0.2, 0.25) is 11.8 Å². The lowest BCUT2D eigenvalue weighted by Crippen LogP contribution is -2.32. The van der Waals surface area contributed by atoms with Gasteiger partial charge in [0.1, 0.15) is 0 Å². The molecule has 0 spiro atoms. The minimum atomic E-state index is -0.449. The SMILES string of the molecule is CONC(=O)CC(C)C(=O)NOC. The smallest absolute Gasteiger partial charge is 0.246 e. The van der Waals surface area contributed by atoms with Gasteiger partial charge in [0.05, 0.1) is 14.2 Å². The first-order valence-electron chi connectivity index (χ1n) is 3.76. The van der Waals surface area contributed by atoms with Crippen molar-refractivity contribution < 1.29 is 19.3 Å².